The molecule has 29 heavy (non-hydrogen) atoms. The minimum absolute atomic E-state index is 0.409. The van der Waals surface area contributed by atoms with Crippen LogP contribution in [0.2, 0.25) is 0 Å². The highest BCUT2D eigenvalue weighted by atomic mass is 15.1. The molecule has 0 bridgehead atoms. The van der Waals surface area contributed by atoms with Gasteiger partial charge in [0, 0.05) is 28.7 Å². The lowest BCUT2D eigenvalue weighted by Gasteiger charge is -2.20. The number of imidazole rings is 1. The van der Waals surface area contributed by atoms with Crippen LogP contribution in [0.1, 0.15) is 50.7 Å². The molecule has 144 valence electrons. The zero-order valence-corrected chi connectivity index (χ0v) is 17.2. The Morgan fingerprint density at radius 2 is 1.34 bits per heavy atom. The van der Waals surface area contributed by atoms with Crippen LogP contribution < -0.4 is 0 Å². The lowest BCUT2D eigenvalue weighted by molar-refractivity contribution is 0.836. The predicted octanol–water partition coefficient (Wildman–Crippen LogP) is 6.34. The molecule has 5 aromatic rings. The Kier molecular flexibility index (Phi) is 4.09. The maximum Gasteiger partial charge on any atom is 0.165 e. The SMILES string of the molecule is CC(C)c1cccc(C(C)C)c1-c1cnc2c3ccccc3c3nccnc3n12. The highest BCUT2D eigenvalue weighted by Crippen LogP contribution is 2.38. The van der Waals surface area contributed by atoms with E-state index in [4.69, 9.17) is 9.97 Å². The van der Waals surface area contributed by atoms with Crippen LogP contribution in [0.4, 0.5) is 0 Å². The molecule has 0 atom stereocenters. The highest BCUT2D eigenvalue weighted by Gasteiger charge is 2.21. The van der Waals surface area contributed by atoms with Gasteiger partial charge in [-0.3, -0.25) is 9.38 Å². The van der Waals surface area contributed by atoms with Crippen LogP contribution >= 0.6 is 0 Å². The quantitative estimate of drug-likeness (QED) is 0.343. The van der Waals surface area contributed by atoms with E-state index < -0.39 is 0 Å². The summed E-state index contributed by atoms with van der Waals surface area (Å²) in [6, 6.07) is 15.0. The second-order valence-corrected chi connectivity index (χ2v) is 8.20. The molecule has 0 radical (unpaired) electrons. The summed E-state index contributed by atoms with van der Waals surface area (Å²) >= 11 is 0. The van der Waals surface area contributed by atoms with E-state index in [1.54, 1.807) is 12.4 Å². The minimum Gasteiger partial charge on any atom is -0.274 e. The van der Waals surface area contributed by atoms with E-state index in [1.807, 2.05) is 12.3 Å². The molecule has 0 aliphatic carbocycles. The second kappa shape index (κ2) is 6.66. The number of rotatable bonds is 3. The first-order valence-corrected chi connectivity index (χ1v) is 10.2. The van der Waals surface area contributed by atoms with Gasteiger partial charge in [0.2, 0.25) is 0 Å². The molecule has 0 N–H and O–H groups in total. The molecule has 0 saturated heterocycles. The summed E-state index contributed by atoms with van der Waals surface area (Å²) in [7, 11) is 0. The smallest absolute Gasteiger partial charge is 0.165 e. The van der Waals surface area contributed by atoms with E-state index in [2.05, 4.69) is 73.5 Å². The third-order valence-electron chi connectivity index (χ3n) is 5.70. The normalized spacial score (nSPS) is 12.1. The molecule has 3 heterocycles. The van der Waals surface area contributed by atoms with Crippen LogP contribution in [0.5, 0.6) is 0 Å². The first kappa shape index (κ1) is 17.8. The summed E-state index contributed by atoms with van der Waals surface area (Å²) in [5.41, 5.74) is 7.71. The van der Waals surface area contributed by atoms with Crippen molar-refractivity contribution in [3.05, 3.63) is 72.2 Å². The van der Waals surface area contributed by atoms with Gasteiger partial charge in [0.05, 0.1) is 11.9 Å². The summed E-state index contributed by atoms with van der Waals surface area (Å²) in [6.45, 7) is 9.00. The molecular formula is C25H24N4. The molecule has 0 saturated carbocycles. The van der Waals surface area contributed by atoms with Crippen LogP contribution in [0.15, 0.2) is 61.1 Å². The Morgan fingerprint density at radius 1 is 0.690 bits per heavy atom. The monoisotopic (exact) mass is 380 g/mol. The lowest BCUT2D eigenvalue weighted by atomic mass is 9.87. The van der Waals surface area contributed by atoms with Gasteiger partial charge >= 0.3 is 0 Å². The molecule has 0 spiro atoms. The van der Waals surface area contributed by atoms with Gasteiger partial charge in [0.1, 0.15) is 11.2 Å². The van der Waals surface area contributed by atoms with Crippen molar-refractivity contribution in [3.8, 4) is 11.3 Å². The molecule has 0 fully saturated rings. The van der Waals surface area contributed by atoms with E-state index in [1.165, 1.54) is 16.7 Å². The van der Waals surface area contributed by atoms with Gasteiger partial charge in [-0.1, -0.05) is 70.2 Å². The van der Waals surface area contributed by atoms with E-state index in [0.29, 0.717) is 11.8 Å². The summed E-state index contributed by atoms with van der Waals surface area (Å²) in [5.74, 6) is 0.819. The van der Waals surface area contributed by atoms with E-state index in [9.17, 15) is 0 Å². The van der Waals surface area contributed by atoms with Crippen LogP contribution in [0.3, 0.4) is 0 Å². The summed E-state index contributed by atoms with van der Waals surface area (Å²) < 4.78 is 2.19. The first-order valence-electron chi connectivity index (χ1n) is 10.2. The van der Waals surface area contributed by atoms with E-state index >= 15 is 0 Å². The third kappa shape index (κ3) is 2.63. The number of nitrogens with zero attached hydrogens (tertiary/aromatic N) is 4. The molecule has 0 amide bonds. The number of pyridine rings is 1. The fraction of sp³-hybridized carbons (Fsp3) is 0.240. The zero-order valence-electron chi connectivity index (χ0n) is 17.2. The van der Waals surface area contributed by atoms with Gasteiger partial charge in [0.25, 0.3) is 0 Å². The Labute approximate surface area is 170 Å². The summed E-state index contributed by atoms with van der Waals surface area (Å²) in [4.78, 5) is 14.3. The lowest BCUT2D eigenvalue weighted by Crippen LogP contribution is -2.03. The average Bonchev–Trinajstić information content (AvgIpc) is 3.18. The van der Waals surface area contributed by atoms with Crippen molar-refractivity contribution in [1.29, 1.82) is 0 Å². The van der Waals surface area contributed by atoms with E-state index in [0.717, 1.165) is 33.3 Å². The van der Waals surface area contributed by atoms with Gasteiger partial charge in [-0.25, -0.2) is 9.97 Å². The van der Waals surface area contributed by atoms with Gasteiger partial charge < -0.3 is 0 Å². The van der Waals surface area contributed by atoms with Crippen molar-refractivity contribution in [2.24, 2.45) is 0 Å². The standard InChI is InChI=1S/C25H24N4/c1-15(2)17-10-7-11-18(16(3)4)22(17)21-14-28-24-20-9-6-5-8-19(20)23-25(29(21)24)27-13-12-26-23/h5-16H,1-4H3. The number of hydrogen-bond donors (Lipinski definition) is 0. The number of aromatic nitrogens is 4. The van der Waals surface area contributed by atoms with Crippen molar-refractivity contribution in [2.45, 2.75) is 39.5 Å². The van der Waals surface area contributed by atoms with Gasteiger partial charge in [0.15, 0.2) is 5.65 Å². The molecule has 4 nitrogen and oxygen atoms in total. The molecule has 0 aliphatic heterocycles. The Balaban J connectivity index is 2.00. The summed E-state index contributed by atoms with van der Waals surface area (Å²) in [5, 5.41) is 2.18. The molecule has 0 aliphatic rings. The second-order valence-electron chi connectivity index (χ2n) is 8.20. The maximum absolute atomic E-state index is 4.87. The largest absolute Gasteiger partial charge is 0.274 e. The zero-order chi connectivity index (χ0) is 20.1. The van der Waals surface area contributed by atoms with E-state index in [-0.39, 0.29) is 0 Å². The number of hydrogen-bond acceptors (Lipinski definition) is 3. The first-order chi connectivity index (χ1) is 14.1. The third-order valence-corrected chi connectivity index (χ3v) is 5.70. The van der Waals surface area contributed by atoms with Crippen molar-refractivity contribution in [1.82, 2.24) is 19.4 Å². The molecule has 5 rings (SSSR count). The molecule has 4 heteroatoms. The van der Waals surface area contributed by atoms with Crippen LogP contribution in [-0.4, -0.2) is 19.4 Å². The minimum atomic E-state index is 0.409. The van der Waals surface area contributed by atoms with Crippen molar-refractivity contribution in [2.75, 3.05) is 0 Å². The van der Waals surface area contributed by atoms with Crippen molar-refractivity contribution < 1.29 is 0 Å². The van der Waals surface area contributed by atoms with Gasteiger partial charge in [-0.05, 0) is 23.0 Å². The van der Waals surface area contributed by atoms with Crippen LogP contribution in [0.25, 0.3) is 38.8 Å². The Hall–Kier alpha value is -3.27. The molecule has 2 aromatic carbocycles. The van der Waals surface area contributed by atoms with Gasteiger partial charge in [-0.15, -0.1) is 0 Å². The average molecular weight is 380 g/mol. The fourth-order valence-electron chi connectivity index (χ4n) is 4.35. The molecule has 0 unspecified atom stereocenters. The highest BCUT2D eigenvalue weighted by molar-refractivity contribution is 6.09. The van der Waals surface area contributed by atoms with Crippen molar-refractivity contribution >= 4 is 27.6 Å². The van der Waals surface area contributed by atoms with Crippen LogP contribution in [0, 0.1) is 0 Å². The fourth-order valence-corrected chi connectivity index (χ4v) is 4.35. The predicted molar refractivity (Wildman–Crippen MR) is 119 cm³/mol. The van der Waals surface area contributed by atoms with Gasteiger partial charge in [-0.2, -0.15) is 0 Å². The maximum atomic E-state index is 4.87. The number of fused-ring (bicyclic) bond motifs is 6. The molecular weight excluding hydrogens is 356 g/mol. The Bertz CT molecular complexity index is 1340. The van der Waals surface area contributed by atoms with Crippen LogP contribution in [-0.2, 0) is 0 Å². The molecule has 3 aromatic heterocycles. The summed E-state index contributed by atoms with van der Waals surface area (Å²) in [6.07, 6.45) is 5.53. The number of benzene rings is 2. The topological polar surface area (TPSA) is 43.1 Å². The Morgan fingerprint density at radius 3 is 2.03 bits per heavy atom. The van der Waals surface area contributed by atoms with Crippen molar-refractivity contribution in [3.63, 3.8) is 0 Å².